The van der Waals surface area contributed by atoms with Gasteiger partial charge in [0.25, 0.3) is 5.91 Å². The first kappa shape index (κ1) is 17.1. The zero-order valence-corrected chi connectivity index (χ0v) is 14.3. The molecule has 1 aliphatic carbocycles. The molecule has 7 heteroatoms. The van der Waals surface area contributed by atoms with Crippen molar-refractivity contribution >= 4 is 21.8 Å². The lowest BCUT2D eigenvalue weighted by molar-refractivity contribution is -0.125. The molecule has 2 rings (SSSR count). The zero-order valence-electron chi connectivity index (χ0n) is 12.7. The Bertz CT molecular complexity index is 687. The van der Waals surface area contributed by atoms with E-state index in [4.69, 9.17) is 20.0 Å². The van der Waals surface area contributed by atoms with Gasteiger partial charge in [0.2, 0.25) is 0 Å². The van der Waals surface area contributed by atoms with Gasteiger partial charge in [-0.3, -0.25) is 4.79 Å². The predicted molar refractivity (Wildman–Crippen MR) is 85.9 cm³/mol. The van der Waals surface area contributed by atoms with Crippen molar-refractivity contribution in [1.82, 2.24) is 5.32 Å². The summed E-state index contributed by atoms with van der Waals surface area (Å²) in [5, 5.41) is 20.8. The van der Waals surface area contributed by atoms with Crippen LogP contribution < -0.4 is 14.8 Å². The monoisotopic (exact) mass is 377 g/mol. The van der Waals surface area contributed by atoms with Crippen LogP contribution >= 0.6 is 15.9 Å². The number of nitriles is 2. The molecule has 0 heterocycles. The highest BCUT2D eigenvalue weighted by molar-refractivity contribution is 9.10. The van der Waals surface area contributed by atoms with Crippen molar-refractivity contribution in [3.8, 4) is 23.6 Å². The van der Waals surface area contributed by atoms with E-state index in [1.807, 2.05) is 13.0 Å². The molecule has 23 heavy (non-hydrogen) atoms. The fraction of sp³-hybridized carbons (Fsp3) is 0.438. The molecule has 1 saturated carbocycles. The van der Waals surface area contributed by atoms with Crippen molar-refractivity contribution in [1.29, 1.82) is 10.5 Å². The van der Waals surface area contributed by atoms with E-state index in [0.717, 1.165) is 6.42 Å². The second kappa shape index (κ2) is 7.34. The number of hydrogen-bond donors (Lipinski definition) is 1. The molecule has 0 aromatic heterocycles. The second-order valence-electron chi connectivity index (χ2n) is 5.21. The first-order chi connectivity index (χ1) is 11.0. The molecule has 1 fully saturated rings. The van der Waals surface area contributed by atoms with Gasteiger partial charge < -0.3 is 14.8 Å². The second-order valence-corrected chi connectivity index (χ2v) is 6.07. The number of carbonyl (C=O) groups is 1. The first-order valence-corrected chi connectivity index (χ1v) is 8.04. The minimum Gasteiger partial charge on any atom is -0.490 e. The van der Waals surface area contributed by atoms with E-state index < -0.39 is 5.54 Å². The molecule has 0 radical (unpaired) electrons. The van der Waals surface area contributed by atoms with E-state index in [1.54, 1.807) is 12.1 Å². The van der Waals surface area contributed by atoms with Crippen molar-refractivity contribution in [2.75, 3.05) is 13.2 Å². The van der Waals surface area contributed by atoms with E-state index in [1.165, 1.54) is 0 Å². The summed E-state index contributed by atoms with van der Waals surface area (Å²) in [6.45, 7) is 1.99. The fourth-order valence-electron chi connectivity index (χ4n) is 2.27. The van der Waals surface area contributed by atoms with E-state index in [0.29, 0.717) is 41.0 Å². The molecule has 0 saturated heterocycles. The van der Waals surface area contributed by atoms with Gasteiger partial charge in [0, 0.05) is 6.07 Å². The Morgan fingerprint density at radius 1 is 1.39 bits per heavy atom. The number of amides is 1. The van der Waals surface area contributed by atoms with Crippen LogP contribution in [0.1, 0.15) is 31.7 Å². The summed E-state index contributed by atoms with van der Waals surface area (Å²) in [5.74, 6) is 0.399. The third-order valence-corrected chi connectivity index (χ3v) is 4.17. The van der Waals surface area contributed by atoms with Gasteiger partial charge in [-0.1, -0.05) is 0 Å². The van der Waals surface area contributed by atoms with Crippen molar-refractivity contribution in [2.24, 2.45) is 0 Å². The largest absolute Gasteiger partial charge is 0.490 e. The molecular formula is C16H16BrN3O3. The molecule has 0 atom stereocenters. The maximum absolute atomic E-state index is 12.0. The highest BCUT2D eigenvalue weighted by Gasteiger charge is 2.38. The van der Waals surface area contributed by atoms with Crippen LogP contribution in [0.25, 0.3) is 0 Å². The van der Waals surface area contributed by atoms with Crippen LogP contribution in [0.15, 0.2) is 16.6 Å². The first-order valence-electron chi connectivity index (χ1n) is 7.25. The molecule has 0 spiro atoms. The third kappa shape index (κ3) is 3.94. The van der Waals surface area contributed by atoms with Gasteiger partial charge in [-0.25, -0.2) is 0 Å². The fourth-order valence-corrected chi connectivity index (χ4v) is 2.83. The highest BCUT2D eigenvalue weighted by Crippen LogP contribution is 2.37. The van der Waals surface area contributed by atoms with E-state index in [-0.39, 0.29) is 12.5 Å². The smallest absolute Gasteiger partial charge is 0.259 e. The molecule has 0 bridgehead atoms. The Balaban J connectivity index is 2.06. The number of benzene rings is 1. The third-order valence-electron chi connectivity index (χ3n) is 3.59. The quantitative estimate of drug-likeness (QED) is 0.821. The van der Waals surface area contributed by atoms with Crippen LogP contribution in [0, 0.1) is 22.7 Å². The number of nitrogens with one attached hydrogen (secondary N) is 1. The maximum Gasteiger partial charge on any atom is 0.259 e. The Hall–Kier alpha value is -2.25. The molecule has 1 aliphatic rings. The average molecular weight is 378 g/mol. The molecule has 0 aliphatic heterocycles. The Labute approximate surface area is 143 Å². The molecule has 6 nitrogen and oxygen atoms in total. The van der Waals surface area contributed by atoms with Gasteiger partial charge in [0.05, 0.1) is 28.8 Å². The zero-order chi connectivity index (χ0) is 16.9. The topological polar surface area (TPSA) is 95.1 Å². The van der Waals surface area contributed by atoms with Gasteiger partial charge >= 0.3 is 0 Å². The van der Waals surface area contributed by atoms with E-state index >= 15 is 0 Å². The van der Waals surface area contributed by atoms with Gasteiger partial charge in [-0.05, 0) is 48.2 Å². The molecular weight excluding hydrogens is 362 g/mol. The van der Waals surface area contributed by atoms with Gasteiger partial charge in [-0.15, -0.1) is 0 Å². The summed E-state index contributed by atoms with van der Waals surface area (Å²) in [6, 6.07) is 7.33. The summed E-state index contributed by atoms with van der Waals surface area (Å²) < 4.78 is 11.5. The minimum atomic E-state index is -0.745. The van der Waals surface area contributed by atoms with Crippen molar-refractivity contribution in [3.05, 3.63) is 22.2 Å². The molecule has 1 amide bonds. The molecule has 0 unspecified atom stereocenters. The number of carbonyl (C=O) groups excluding carboxylic acids is 1. The molecule has 120 valence electrons. The van der Waals surface area contributed by atoms with Gasteiger partial charge in [0.15, 0.2) is 18.1 Å². The van der Waals surface area contributed by atoms with Crippen molar-refractivity contribution in [2.45, 2.75) is 31.7 Å². The summed E-state index contributed by atoms with van der Waals surface area (Å²) in [5.41, 5.74) is -0.319. The summed E-state index contributed by atoms with van der Waals surface area (Å²) >= 11 is 3.32. The standard InChI is InChI=1S/C16H16BrN3O3/c1-2-22-13-7-11(8-18)6-12(17)15(13)23-9-14(21)20-16(10-19)4-3-5-16/h6-7H,2-5,9H2,1H3,(H,20,21). The lowest BCUT2D eigenvalue weighted by atomic mass is 9.78. The van der Waals surface area contributed by atoms with Crippen LogP contribution in [-0.2, 0) is 4.79 Å². The van der Waals surface area contributed by atoms with Crippen LogP contribution in [0.5, 0.6) is 11.5 Å². The van der Waals surface area contributed by atoms with Gasteiger partial charge in [0.1, 0.15) is 5.54 Å². The number of rotatable bonds is 6. The Kier molecular flexibility index (Phi) is 5.46. The lowest BCUT2D eigenvalue weighted by Gasteiger charge is -2.35. The average Bonchev–Trinajstić information content (AvgIpc) is 2.50. The van der Waals surface area contributed by atoms with E-state index in [2.05, 4.69) is 27.3 Å². The summed E-state index contributed by atoms with van der Waals surface area (Å²) in [6.07, 6.45) is 2.27. The lowest BCUT2D eigenvalue weighted by Crippen LogP contribution is -2.53. The predicted octanol–water partition coefficient (Wildman–Crippen LogP) is 2.66. The molecule has 1 N–H and O–H groups in total. The number of hydrogen-bond acceptors (Lipinski definition) is 5. The Morgan fingerprint density at radius 2 is 2.13 bits per heavy atom. The van der Waals surface area contributed by atoms with Crippen LogP contribution in [0.4, 0.5) is 0 Å². The highest BCUT2D eigenvalue weighted by atomic mass is 79.9. The Morgan fingerprint density at radius 3 is 2.65 bits per heavy atom. The van der Waals surface area contributed by atoms with Crippen LogP contribution in [0.3, 0.4) is 0 Å². The maximum atomic E-state index is 12.0. The van der Waals surface area contributed by atoms with E-state index in [9.17, 15) is 4.79 Å². The minimum absolute atomic E-state index is 0.228. The number of nitrogens with zero attached hydrogens (tertiary/aromatic N) is 2. The van der Waals surface area contributed by atoms with Crippen LogP contribution in [-0.4, -0.2) is 24.7 Å². The number of halogens is 1. The van der Waals surface area contributed by atoms with Crippen molar-refractivity contribution < 1.29 is 14.3 Å². The summed E-state index contributed by atoms with van der Waals surface area (Å²) in [4.78, 5) is 12.0. The summed E-state index contributed by atoms with van der Waals surface area (Å²) in [7, 11) is 0. The van der Waals surface area contributed by atoms with Crippen LogP contribution in [0.2, 0.25) is 0 Å². The van der Waals surface area contributed by atoms with Gasteiger partial charge in [-0.2, -0.15) is 10.5 Å². The number of ether oxygens (including phenoxy) is 2. The molecule has 1 aromatic carbocycles. The molecule has 1 aromatic rings. The SMILES string of the molecule is CCOc1cc(C#N)cc(Br)c1OCC(=O)NC1(C#N)CCC1. The normalized spacial score (nSPS) is 14.8. The van der Waals surface area contributed by atoms with Crippen molar-refractivity contribution in [3.63, 3.8) is 0 Å².